The second-order valence-corrected chi connectivity index (χ2v) is 4.60. The molecule has 108 valence electrons. The summed E-state index contributed by atoms with van der Waals surface area (Å²) in [6.07, 6.45) is 8.65. The van der Waals surface area contributed by atoms with Crippen LogP contribution in [0.4, 0.5) is 0 Å². The van der Waals surface area contributed by atoms with Gasteiger partial charge in [0, 0.05) is 0 Å². The van der Waals surface area contributed by atoms with Gasteiger partial charge in [-0.3, -0.25) is 9.59 Å². The summed E-state index contributed by atoms with van der Waals surface area (Å²) >= 11 is 0. The van der Waals surface area contributed by atoms with Crippen molar-refractivity contribution in [1.82, 2.24) is 0 Å². The van der Waals surface area contributed by atoms with E-state index in [0.717, 1.165) is 25.7 Å². The zero-order valence-electron chi connectivity index (χ0n) is 12.1. The summed E-state index contributed by atoms with van der Waals surface area (Å²) in [7, 11) is 0. The summed E-state index contributed by atoms with van der Waals surface area (Å²) in [5.74, 6) is 1.45. The molecule has 0 aliphatic carbocycles. The van der Waals surface area contributed by atoms with Gasteiger partial charge in [-0.15, -0.1) is 6.42 Å². The summed E-state index contributed by atoms with van der Waals surface area (Å²) in [6.45, 7) is 5.60. The molecule has 0 amide bonds. The van der Waals surface area contributed by atoms with E-state index in [1.165, 1.54) is 0 Å². The molecule has 4 heteroatoms. The van der Waals surface area contributed by atoms with Crippen LogP contribution in [0.15, 0.2) is 0 Å². The van der Waals surface area contributed by atoms with Gasteiger partial charge in [-0.25, -0.2) is 0 Å². The Morgan fingerprint density at radius 1 is 1.11 bits per heavy atom. The Bertz CT molecular complexity index is 317. The summed E-state index contributed by atoms with van der Waals surface area (Å²) in [5, 5.41) is 0. The van der Waals surface area contributed by atoms with Crippen LogP contribution in [0.5, 0.6) is 0 Å². The van der Waals surface area contributed by atoms with Crippen molar-refractivity contribution in [2.24, 2.45) is 0 Å². The van der Waals surface area contributed by atoms with Crippen LogP contribution in [0.1, 0.15) is 59.3 Å². The first kappa shape index (κ1) is 17.5. The number of carbonyl (C=O) groups is 2. The molecule has 0 aromatic carbocycles. The molecular weight excluding hydrogens is 244 g/mol. The Kier molecular flexibility index (Phi) is 9.60. The number of ether oxygens (including phenoxy) is 2. The van der Waals surface area contributed by atoms with Gasteiger partial charge in [0.25, 0.3) is 0 Å². The summed E-state index contributed by atoms with van der Waals surface area (Å²) in [4.78, 5) is 22.8. The van der Waals surface area contributed by atoms with E-state index in [9.17, 15) is 9.59 Å². The SMILES string of the molecule is C#CC(C)OC(=O)CCC(=O)OC(C)CCCCC. The fourth-order valence-electron chi connectivity index (χ4n) is 1.52. The fourth-order valence-corrected chi connectivity index (χ4v) is 1.52. The first-order valence-electron chi connectivity index (χ1n) is 6.84. The summed E-state index contributed by atoms with van der Waals surface area (Å²) in [6, 6.07) is 0. The standard InChI is InChI=1S/C15H24O4/c1-5-7-8-9-13(4)19-15(17)11-10-14(16)18-12(3)6-2/h2,12-13H,5,7-11H2,1,3-4H3. The minimum atomic E-state index is -0.559. The Hall–Kier alpha value is -1.50. The van der Waals surface area contributed by atoms with Crippen LogP contribution in [0, 0.1) is 12.3 Å². The maximum atomic E-state index is 11.5. The van der Waals surface area contributed by atoms with Crippen LogP contribution in [-0.2, 0) is 19.1 Å². The van der Waals surface area contributed by atoms with Gasteiger partial charge in [0.1, 0.15) is 0 Å². The second kappa shape index (κ2) is 10.4. The number of rotatable bonds is 9. The van der Waals surface area contributed by atoms with Crippen molar-refractivity contribution in [1.29, 1.82) is 0 Å². The van der Waals surface area contributed by atoms with E-state index in [4.69, 9.17) is 15.9 Å². The molecule has 0 fully saturated rings. The largest absolute Gasteiger partial charge is 0.463 e. The van der Waals surface area contributed by atoms with Gasteiger partial charge in [0.15, 0.2) is 6.10 Å². The number of hydrogen-bond acceptors (Lipinski definition) is 4. The van der Waals surface area contributed by atoms with Crippen LogP contribution in [-0.4, -0.2) is 24.1 Å². The molecule has 0 saturated carbocycles. The Labute approximate surface area is 115 Å². The van der Waals surface area contributed by atoms with Crippen molar-refractivity contribution in [2.75, 3.05) is 0 Å². The van der Waals surface area contributed by atoms with E-state index in [-0.39, 0.29) is 24.9 Å². The normalized spacial score (nSPS) is 13.2. The summed E-state index contributed by atoms with van der Waals surface area (Å²) in [5.41, 5.74) is 0. The number of hydrogen-bond donors (Lipinski definition) is 0. The maximum Gasteiger partial charge on any atom is 0.307 e. The first-order valence-corrected chi connectivity index (χ1v) is 6.84. The minimum absolute atomic E-state index is 0.00648. The van der Waals surface area contributed by atoms with Gasteiger partial charge in [0.05, 0.1) is 18.9 Å². The molecule has 4 nitrogen and oxygen atoms in total. The lowest BCUT2D eigenvalue weighted by atomic mass is 10.1. The van der Waals surface area contributed by atoms with Gasteiger partial charge >= 0.3 is 11.9 Å². The van der Waals surface area contributed by atoms with Crippen LogP contribution < -0.4 is 0 Å². The minimum Gasteiger partial charge on any atom is -0.463 e. The highest BCUT2D eigenvalue weighted by Gasteiger charge is 2.13. The molecule has 0 aromatic rings. The van der Waals surface area contributed by atoms with E-state index in [0.29, 0.717) is 0 Å². The van der Waals surface area contributed by atoms with E-state index >= 15 is 0 Å². The third-order valence-electron chi connectivity index (χ3n) is 2.62. The van der Waals surface area contributed by atoms with Gasteiger partial charge < -0.3 is 9.47 Å². The molecule has 19 heavy (non-hydrogen) atoms. The molecule has 0 saturated heterocycles. The van der Waals surface area contributed by atoms with Crippen molar-refractivity contribution in [2.45, 2.75) is 71.5 Å². The highest BCUT2D eigenvalue weighted by molar-refractivity contribution is 5.77. The molecule has 2 unspecified atom stereocenters. The van der Waals surface area contributed by atoms with E-state index in [1.807, 2.05) is 6.92 Å². The molecule has 0 spiro atoms. The van der Waals surface area contributed by atoms with Crippen LogP contribution in [0.3, 0.4) is 0 Å². The van der Waals surface area contributed by atoms with Crippen molar-refractivity contribution in [3.63, 3.8) is 0 Å². The van der Waals surface area contributed by atoms with Gasteiger partial charge in [0.2, 0.25) is 0 Å². The van der Waals surface area contributed by atoms with Crippen molar-refractivity contribution in [3.8, 4) is 12.3 Å². The topological polar surface area (TPSA) is 52.6 Å². The Morgan fingerprint density at radius 2 is 1.68 bits per heavy atom. The number of carbonyl (C=O) groups excluding carboxylic acids is 2. The van der Waals surface area contributed by atoms with Gasteiger partial charge in [-0.1, -0.05) is 25.7 Å². The smallest absolute Gasteiger partial charge is 0.307 e. The zero-order chi connectivity index (χ0) is 14.7. The third-order valence-corrected chi connectivity index (χ3v) is 2.62. The Morgan fingerprint density at radius 3 is 2.21 bits per heavy atom. The fraction of sp³-hybridized carbons (Fsp3) is 0.733. The molecule has 0 aliphatic heterocycles. The van der Waals surface area contributed by atoms with Crippen molar-refractivity contribution in [3.05, 3.63) is 0 Å². The molecule has 2 atom stereocenters. The predicted molar refractivity (Wildman–Crippen MR) is 73.3 cm³/mol. The maximum absolute atomic E-state index is 11.5. The number of terminal acetylenes is 1. The van der Waals surface area contributed by atoms with Crippen LogP contribution >= 0.6 is 0 Å². The van der Waals surface area contributed by atoms with Crippen molar-refractivity contribution >= 4 is 11.9 Å². The monoisotopic (exact) mass is 268 g/mol. The number of unbranched alkanes of at least 4 members (excludes halogenated alkanes) is 2. The molecule has 0 aliphatic rings. The molecular formula is C15H24O4. The number of esters is 2. The molecule has 0 radical (unpaired) electrons. The highest BCUT2D eigenvalue weighted by Crippen LogP contribution is 2.08. The van der Waals surface area contributed by atoms with Gasteiger partial charge in [-0.2, -0.15) is 0 Å². The van der Waals surface area contributed by atoms with E-state index < -0.39 is 12.1 Å². The third kappa shape index (κ3) is 10.1. The van der Waals surface area contributed by atoms with Crippen molar-refractivity contribution < 1.29 is 19.1 Å². The van der Waals surface area contributed by atoms with E-state index in [1.54, 1.807) is 6.92 Å². The second-order valence-electron chi connectivity index (χ2n) is 4.60. The molecule has 0 N–H and O–H groups in total. The average Bonchev–Trinajstić information content (AvgIpc) is 2.36. The lowest BCUT2D eigenvalue weighted by Gasteiger charge is -2.13. The lowest BCUT2D eigenvalue weighted by Crippen LogP contribution is -2.18. The quantitative estimate of drug-likeness (QED) is 0.366. The Balaban J connectivity index is 3.74. The van der Waals surface area contributed by atoms with Crippen LogP contribution in [0.2, 0.25) is 0 Å². The zero-order valence-corrected chi connectivity index (χ0v) is 12.1. The van der Waals surface area contributed by atoms with Crippen LogP contribution in [0.25, 0.3) is 0 Å². The molecule has 0 heterocycles. The van der Waals surface area contributed by atoms with E-state index in [2.05, 4.69) is 12.8 Å². The molecule has 0 aromatic heterocycles. The lowest BCUT2D eigenvalue weighted by molar-refractivity contribution is -0.154. The molecule has 0 bridgehead atoms. The predicted octanol–water partition coefficient (Wildman–Crippen LogP) is 2.84. The first-order chi connectivity index (χ1) is 8.99. The summed E-state index contributed by atoms with van der Waals surface area (Å²) < 4.78 is 10.0. The average molecular weight is 268 g/mol. The van der Waals surface area contributed by atoms with Gasteiger partial charge in [-0.05, 0) is 26.7 Å². The molecule has 0 rings (SSSR count). The highest BCUT2D eigenvalue weighted by atomic mass is 16.5.